The van der Waals surface area contributed by atoms with Crippen LogP contribution in [-0.2, 0) is 14.3 Å². The van der Waals surface area contributed by atoms with Crippen molar-refractivity contribution in [3.63, 3.8) is 0 Å². The SMILES string of the molecule is NC(=O)COCCNc1nc(C(N)C(=O)O)cs1. The zero-order valence-electron chi connectivity index (χ0n) is 9.46. The summed E-state index contributed by atoms with van der Waals surface area (Å²) in [5.74, 6) is -1.66. The van der Waals surface area contributed by atoms with E-state index in [-0.39, 0.29) is 6.61 Å². The average molecular weight is 274 g/mol. The molecule has 8 nitrogen and oxygen atoms in total. The van der Waals surface area contributed by atoms with Gasteiger partial charge in [-0.3, -0.25) is 9.59 Å². The molecule has 1 heterocycles. The number of hydrogen-bond acceptors (Lipinski definition) is 7. The topological polar surface area (TPSA) is 141 Å². The summed E-state index contributed by atoms with van der Waals surface area (Å²) in [6.07, 6.45) is 0. The van der Waals surface area contributed by atoms with E-state index in [9.17, 15) is 9.59 Å². The first-order valence-corrected chi connectivity index (χ1v) is 5.92. The van der Waals surface area contributed by atoms with Gasteiger partial charge in [0.05, 0.1) is 12.3 Å². The van der Waals surface area contributed by atoms with Crippen LogP contribution < -0.4 is 16.8 Å². The van der Waals surface area contributed by atoms with Crippen LogP contribution in [0.15, 0.2) is 5.38 Å². The molecule has 1 unspecified atom stereocenters. The summed E-state index contributed by atoms with van der Waals surface area (Å²) < 4.78 is 4.93. The molecule has 0 aliphatic carbocycles. The highest BCUT2D eigenvalue weighted by molar-refractivity contribution is 7.13. The van der Waals surface area contributed by atoms with Gasteiger partial charge in [0.25, 0.3) is 0 Å². The van der Waals surface area contributed by atoms with Gasteiger partial charge in [-0.2, -0.15) is 0 Å². The predicted molar refractivity (Wildman–Crippen MR) is 65.2 cm³/mol. The smallest absolute Gasteiger partial charge is 0.326 e. The monoisotopic (exact) mass is 274 g/mol. The van der Waals surface area contributed by atoms with Crippen molar-refractivity contribution in [2.24, 2.45) is 11.5 Å². The van der Waals surface area contributed by atoms with E-state index in [4.69, 9.17) is 21.3 Å². The van der Waals surface area contributed by atoms with Crippen LogP contribution in [0.3, 0.4) is 0 Å². The lowest BCUT2D eigenvalue weighted by Crippen LogP contribution is -2.21. The third kappa shape index (κ3) is 4.65. The van der Waals surface area contributed by atoms with Crippen molar-refractivity contribution >= 4 is 28.3 Å². The number of anilines is 1. The first-order chi connectivity index (χ1) is 8.50. The molecule has 1 aromatic rings. The van der Waals surface area contributed by atoms with Crippen molar-refractivity contribution in [2.75, 3.05) is 25.1 Å². The van der Waals surface area contributed by atoms with Crippen molar-refractivity contribution in [1.82, 2.24) is 4.98 Å². The third-order valence-electron chi connectivity index (χ3n) is 1.87. The second-order valence-electron chi connectivity index (χ2n) is 3.34. The van der Waals surface area contributed by atoms with Crippen molar-refractivity contribution in [1.29, 1.82) is 0 Å². The molecule has 1 amide bonds. The van der Waals surface area contributed by atoms with E-state index < -0.39 is 17.9 Å². The standard InChI is InChI=1S/C9H14N4O4S/c10-6(14)3-17-2-1-12-9-13-5(4-18-9)7(11)8(15)16/h4,7H,1-3,11H2,(H2,10,14)(H,12,13)(H,15,16). The molecule has 6 N–H and O–H groups in total. The predicted octanol–water partition coefficient (Wildman–Crippen LogP) is -0.859. The lowest BCUT2D eigenvalue weighted by Gasteiger charge is -2.03. The number of carbonyl (C=O) groups excluding carboxylic acids is 1. The summed E-state index contributed by atoms with van der Waals surface area (Å²) >= 11 is 1.25. The molecule has 0 aliphatic heterocycles. The highest BCUT2D eigenvalue weighted by Crippen LogP contribution is 2.19. The highest BCUT2D eigenvalue weighted by atomic mass is 32.1. The molecule has 0 fully saturated rings. The number of nitrogens with one attached hydrogen (secondary N) is 1. The molecule has 1 atom stereocenters. The molecule has 9 heteroatoms. The Kier molecular flexibility index (Phi) is 5.49. The number of hydrogen-bond donors (Lipinski definition) is 4. The molecule has 1 aromatic heterocycles. The van der Waals surface area contributed by atoms with Gasteiger partial charge in [-0.1, -0.05) is 0 Å². The number of nitrogens with zero attached hydrogens (tertiary/aromatic N) is 1. The number of amides is 1. The molecule has 0 bridgehead atoms. The number of rotatable bonds is 8. The average Bonchev–Trinajstić information content (AvgIpc) is 2.75. The number of carboxylic acid groups (broad SMARTS) is 1. The Morgan fingerprint density at radius 1 is 1.61 bits per heavy atom. The molecule has 0 saturated carbocycles. The van der Waals surface area contributed by atoms with Crippen LogP contribution in [-0.4, -0.2) is 41.7 Å². The van der Waals surface area contributed by atoms with Gasteiger partial charge in [0.1, 0.15) is 12.6 Å². The molecule has 0 aromatic carbocycles. The third-order valence-corrected chi connectivity index (χ3v) is 2.69. The first-order valence-electron chi connectivity index (χ1n) is 5.04. The van der Waals surface area contributed by atoms with E-state index in [1.807, 2.05) is 0 Å². The Hall–Kier alpha value is -1.71. The Morgan fingerprint density at radius 3 is 2.94 bits per heavy atom. The molecule has 100 valence electrons. The van der Waals surface area contributed by atoms with Gasteiger partial charge in [-0.15, -0.1) is 11.3 Å². The van der Waals surface area contributed by atoms with Crippen LogP contribution in [0.1, 0.15) is 11.7 Å². The zero-order chi connectivity index (χ0) is 13.5. The largest absolute Gasteiger partial charge is 0.480 e. The van der Waals surface area contributed by atoms with Gasteiger partial charge >= 0.3 is 5.97 Å². The van der Waals surface area contributed by atoms with Crippen LogP contribution in [0.5, 0.6) is 0 Å². The minimum Gasteiger partial charge on any atom is -0.480 e. The number of carbonyl (C=O) groups is 2. The second kappa shape index (κ2) is 6.89. The maximum absolute atomic E-state index is 10.6. The number of aliphatic carboxylic acids is 1. The summed E-state index contributed by atoms with van der Waals surface area (Å²) in [5.41, 5.74) is 10.6. The minimum absolute atomic E-state index is 0.130. The van der Waals surface area contributed by atoms with Gasteiger partial charge in [0, 0.05) is 11.9 Å². The first kappa shape index (κ1) is 14.4. The van der Waals surface area contributed by atoms with Crippen LogP contribution in [0, 0.1) is 0 Å². The zero-order valence-corrected chi connectivity index (χ0v) is 10.3. The lowest BCUT2D eigenvalue weighted by molar-refractivity contribution is -0.138. The number of nitrogens with two attached hydrogens (primary N) is 2. The molecule has 18 heavy (non-hydrogen) atoms. The van der Waals surface area contributed by atoms with Gasteiger partial charge < -0.3 is 26.6 Å². The minimum atomic E-state index is -1.13. The Bertz CT molecular complexity index is 422. The summed E-state index contributed by atoms with van der Waals surface area (Å²) in [6, 6.07) is -1.12. The van der Waals surface area contributed by atoms with Crippen molar-refractivity contribution in [3.8, 4) is 0 Å². The lowest BCUT2D eigenvalue weighted by atomic mass is 10.2. The van der Waals surface area contributed by atoms with E-state index in [0.717, 1.165) is 0 Å². The van der Waals surface area contributed by atoms with E-state index in [0.29, 0.717) is 24.0 Å². The number of carboxylic acids is 1. The fourth-order valence-electron chi connectivity index (χ4n) is 1.04. The number of aromatic nitrogens is 1. The van der Waals surface area contributed by atoms with Crippen LogP contribution in [0.2, 0.25) is 0 Å². The normalized spacial score (nSPS) is 12.1. The number of ether oxygens (including phenoxy) is 1. The van der Waals surface area contributed by atoms with Crippen LogP contribution in [0.25, 0.3) is 0 Å². The Morgan fingerprint density at radius 2 is 2.33 bits per heavy atom. The molecule has 0 radical (unpaired) electrons. The van der Waals surface area contributed by atoms with Crippen molar-refractivity contribution < 1.29 is 19.4 Å². The quantitative estimate of drug-likeness (QED) is 0.452. The number of thiazole rings is 1. The molecule has 0 spiro atoms. The maximum Gasteiger partial charge on any atom is 0.326 e. The van der Waals surface area contributed by atoms with Gasteiger partial charge in [-0.05, 0) is 0 Å². The van der Waals surface area contributed by atoms with Crippen molar-refractivity contribution in [2.45, 2.75) is 6.04 Å². The Balaban J connectivity index is 2.31. The Labute approximate surface area is 107 Å². The summed E-state index contributed by atoms with van der Waals surface area (Å²) in [4.78, 5) is 25.0. The fraction of sp³-hybridized carbons (Fsp3) is 0.444. The summed E-state index contributed by atoms with van der Waals surface area (Å²) in [7, 11) is 0. The fourth-order valence-corrected chi connectivity index (χ4v) is 1.81. The summed E-state index contributed by atoms with van der Waals surface area (Å²) in [5, 5.41) is 13.7. The van der Waals surface area contributed by atoms with E-state index in [1.54, 1.807) is 5.38 Å². The molecular weight excluding hydrogens is 260 g/mol. The highest BCUT2D eigenvalue weighted by Gasteiger charge is 2.17. The molecule has 0 saturated heterocycles. The molecular formula is C9H14N4O4S. The maximum atomic E-state index is 10.6. The van der Waals surface area contributed by atoms with Gasteiger partial charge in [0.2, 0.25) is 5.91 Å². The van der Waals surface area contributed by atoms with E-state index in [1.165, 1.54) is 11.3 Å². The van der Waals surface area contributed by atoms with Gasteiger partial charge in [-0.25, -0.2) is 4.98 Å². The molecule has 1 rings (SSSR count). The van der Waals surface area contributed by atoms with Crippen LogP contribution in [0.4, 0.5) is 5.13 Å². The van der Waals surface area contributed by atoms with Crippen LogP contribution >= 0.6 is 11.3 Å². The van der Waals surface area contributed by atoms with E-state index >= 15 is 0 Å². The number of primary amides is 1. The molecule has 0 aliphatic rings. The van der Waals surface area contributed by atoms with Gasteiger partial charge in [0.15, 0.2) is 5.13 Å². The summed E-state index contributed by atoms with van der Waals surface area (Å²) in [6.45, 7) is 0.597. The second-order valence-corrected chi connectivity index (χ2v) is 4.20. The van der Waals surface area contributed by atoms with Crippen molar-refractivity contribution in [3.05, 3.63) is 11.1 Å². The van der Waals surface area contributed by atoms with E-state index in [2.05, 4.69) is 10.3 Å².